The Balaban J connectivity index is 2.97. The van der Waals surface area contributed by atoms with Gasteiger partial charge >= 0.3 is 0 Å². The van der Waals surface area contributed by atoms with Crippen LogP contribution in [0.3, 0.4) is 0 Å². The van der Waals surface area contributed by atoms with Crippen molar-refractivity contribution in [2.75, 3.05) is 12.8 Å². The predicted molar refractivity (Wildman–Crippen MR) is 87.4 cm³/mol. The van der Waals surface area contributed by atoms with Crippen LogP contribution in [0.1, 0.15) is 45.5 Å². The van der Waals surface area contributed by atoms with Gasteiger partial charge in [0.05, 0.1) is 10.9 Å². The van der Waals surface area contributed by atoms with Crippen molar-refractivity contribution in [3.8, 4) is 0 Å². The Morgan fingerprint density at radius 2 is 2.00 bits per heavy atom. The van der Waals surface area contributed by atoms with Gasteiger partial charge in [-0.3, -0.25) is 4.68 Å². The number of nitrogens with one attached hydrogen (secondary N) is 1. The van der Waals surface area contributed by atoms with E-state index in [9.17, 15) is 8.42 Å². The third-order valence-electron chi connectivity index (χ3n) is 3.90. The van der Waals surface area contributed by atoms with Gasteiger partial charge in [0.1, 0.15) is 0 Å². The van der Waals surface area contributed by atoms with E-state index < -0.39 is 15.1 Å². The molecule has 0 bridgehead atoms. The van der Waals surface area contributed by atoms with Crippen LogP contribution in [0, 0.1) is 0 Å². The molecule has 1 aromatic rings. The molecule has 0 aliphatic heterocycles. The number of hydrogen-bond donors (Lipinski definition) is 1. The number of aromatic nitrogens is 2. The molecule has 5 nitrogen and oxygen atoms in total. The highest BCUT2D eigenvalue weighted by atomic mass is 32.2. The van der Waals surface area contributed by atoms with Gasteiger partial charge in [-0.1, -0.05) is 13.8 Å². The van der Waals surface area contributed by atoms with Crippen LogP contribution in [0.4, 0.5) is 0 Å². The van der Waals surface area contributed by atoms with E-state index in [2.05, 4.69) is 37.3 Å². The average Bonchev–Trinajstić information content (AvgIpc) is 2.83. The van der Waals surface area contributed by atoms with E-state index in [-0.39, 0.29) is 6.04 Å². The van der Waals surface area contributed by atoms with Gasteiger partial charge in [0, 0.05) is 31.0 Å². The summed E-state index contributed by atoms with van der Waals surface area (Å²) in [7, 11) is -3.06. The molecule has 0 aliphatic carbocycles. The molecule has 0 amide bonds. The SMILES string of the molecule is CCCNC(Cc1cc(CC)nn1CC)C(C)S(C)(=O)=O. The van der Waals surface area contributed by atoms with Crippen molar-refractivity contribution in [3.05, 3.63) is 17.5 Å². The molecule has 0 saturated carbocycles. The second-order valence-corrected chi connectivity index (χ2v) is 8.00. The van der Waals surface area contributed by atoms with Gasteiger partial charge in [0.25, 0.3) is 0 Å². The number of aryl methyl sites for hydroxylation is 2. The molecule has 122 valence electrons. The zero-order valence-corrected chi connectivity index (χ0v) is 14.7. The Hall–Kier alpha value is -0.880. The van der Waals surface area contributed by atoms with Gasteiger partial charge in [-0.15, -0.1) is 0 Å². The van der Waals surface area contributed by atoms with Gasteiger partial charge < -0.3 is 5.32 Å². The van der Waals surface area contributed by atoms with Crippen molar-refractivity contribution in [2.24, 2.45) is 0 Å². The van der Waals surface area contributed by atoms with Crippen molar-refractivity contribution in [3.63, 3.8) is 0 Å². The summed E-state index contributed by atoms with van der Waals surface area (Å²) in [6, 6.07) is 2.02. The minimum Gasteiger partial charge on any atom is -0.312 e. The van der Waals surface area contributed by atoms with E-state index >= 15 is 0 Å². The summed E-state index contributed by atoms with van der Waals surface area (Å²) < 4.78 is 25.7. The summed E-state index contributed by atoms with van der Waals surface area (Å²) in [5, 5.41) is 7.52. The molecule has 1 aromatic heterocycles. The number of nitrogens with zero attached hydrogens (tertiary/aromatic N) is 2. The van der Waals surface area contributed by atoms with Crippen molar-refractivity contribution >= 4 is 9.84 Å². The number of rotatable bonds is 9. The maximum Gasteiger partial charge on any atom is 0.151 e. The molecule has 0 aromatic carbocycles. The van der Waals surface area contributed by atoms with Crippen LogP contribution < -0.4 is 5.32 Å². The summed E-state index contributed by atoms with van der Waals surface area (Å²) in [5.74, 6) is 0. The molecule has 21 heavy (non-hydrogen) atoms. The Bertz CT molecular complexity index is 537. The van der Waals surface area contributed by atoms with E-state index in [1.807, 2.05) is 4.68 Å². The van der Waals surface area contributed by atoms with Crippen LogP contribution in [0.15, 0.2) is 6.07 Å². The maximum atomic E-state index is 11.9. The lowest BCUT2D eigenvalue weighted by Gasteiger charge is -2.24. The molecule has 1 rings (SSSR count). The third kappa shape index (κ3) is 5.11. The van der Waals surface area contributed by atoms with E-state index in [0.29, 0.717) is 6.42 Å². The lowest BCUT2D eigenvalue weighted by Crippen LogP contribution is -2.44. The molecule has 1 heterocycles. The van der Waals surface area contributed by atoms with Crippen LogP contribution >= 0.6 is 0 Å². The minimum atomic E-state index is -3.06. The molecule has 0 aliphatic rings. The standard InChI is InChI=1S/C15H29N3O2S/c1-6-9-16-15(12(4)21(5,19)20)11-14-10-13(7-2)17-18(14)8-3/h10,12,15-16H,6-9,11H2,1-5H3. The van der Waals surface area contributed by atoms with E-state index in [4.69, 9.17) is 0 Å². The van der Waals surface area contributed by atoms with Gasteiger partial charge in [-0.2, -0.15) is 5.10 Å². The van der Waals surface area contributed by atoms with Crippen molar-refractivity contribution in [2.45, 2.75) is 64.8 Å². The summed E-state index contributed by atoms with van der Waals surface area (Å²) in [5.41, 5.74) is 2.17. The molecule has 0 radical (unpaired) electrons. The highest BCUT2D eigenvalue weighted by molar-refractivity contribution is 7.91. The van der Waals surface area contributed by atoms with Gasteiger partial charge in [0.2, 0.25) is 0 Å². The van der Waals surface area contributed by atoms with E-state index in [1.165, 1.54) is 6.26 Å². The lowest BCUT2D eigenvalue weighted by molar-refractivity contribution is 0.466. The summed E-state index contributed by atoms with van der Waals surface area (Å²) in [6.07, 6.45) is 3.89. The normalized spacial score (nSPS) is 15.1. The van der Waals surface area contributed by atoms with Gasteiger partial charge in [-0.25, -0.2) is 8.42 Å². The van der Waals surface area contributed by atoms with Crippen LogP contribution in [-0.4, -0.2) is 42.3 Å². The van der Waals surface area contributed by atoms with E-state index in [1.54, 1.807) is 6.92 Å². The highest BCUT2D eigenvalue weighted by Gasteiger charge is 2.26. The van der Waals surface area contributed by atoms with Crippen LogP contribution in [0.5, 0.6) is 0 Å². The molecule has 6 heteroatoms. The minimum absolute atomic E-state index is 0.0772. The lowest BCUT2D eigenvalue weighted by atomic mass is 10.1. The van der Waals surface area contributed by atoms with Gasteiger partial charge in [0.15, 0.2) is 9.84 Å². The quantitative estimate of drug-likeness (QED) is 0.755. The summed E-state index contributed by atoms with van der Waals surface area (Å²) in [4.78, 5) is 0. The Kier molecular flexibility index (Phi) is 6.87. The van der Waals surface area contributed by atoms with Crippen LogP contribution in [0.25, 0.3) is 0 Å². The molecule has 0 spiro atoms. The molecular weight excluding hydrogens is 286 g/mol. The first kappa shape index (κ1) is 18.2. The Morgan fingerprint density at radius 1 is 1.33 bits per heavy atom. The van der Waals surface area contributed by atoms with Crippen LogP contribution in [-0.2, 0) is 29.2 Å². The third-order valence-corrected chi connectivity index (χ3v) is 5.58. The van der Waals surface area contributed by atoms with E-state index in [0.717, 1.165) is 37.3 Å². The first-order valence-corrected chi connectivity index (χ1v) is 9.76. The smallest absolute Gasteiger partial charge is 0.151 e. The van der Waals surface area contributed by atoms with Crippen molar-refractivity contribution < 1.29 is 8.42 Å². The summed E-state index contributed by atoms with van der Waals surface area (Å²) in [6.45, 7) is 9.65. The number of sulfone groups is 1. The second kappa shape index (κ2) is 7.94. The molecule has 2 atom stereocenters. The monoisotopic (exact) mass is 315 g/mol. The fourth-order valence-electron chi connectivity index (χ4n) is 2.38. The zero-order chi connectivity index (χ0) is 16.0. The topological polar surface area (TPSA) is 64.0 Å². The fraction of sp³-hybridized carbons (Fsp3) is 0.800. The summed E-state index contributed by atoms with van der Waals surface area (Å²) >= 11 is 0. The molecule has 0 fully saturated rings. The fourth-order valence-corrected chi connectivity index (χ4v) is 3.17. The van der Waals surface area contributed by atoms with Crippen molar-refractivity contribution in [1.29, 1.82) is 0 Å². The second-order valence-electron chi connectivity index (χ2n) is 5.60. The average molecular weight is 315 g/mol. The molecule has 1 N–H and O–H groups in total. The number of hydrogen-bond acceptors (Lipinski definition) is 4. The molecular formula is C15H29N3O2S. The zero-order valence-electron chi connectivity index (χ0n) is 13.9. The maximum absolute atomic E-state index is 11.9. The Labute approximate surface area is 129 Å². The molecule has 0 saturated heterocycles. The first-order chi connectivity index (χ1) is 9.83. The molecule has 2 unspecified atom stereocenters. The van der Waals surface area contributed by atoms with Crippen LogP contribution in [0.2, 0.25) is 0 Å². The predicted octanol–water partition coefficient (Wildman–Crippen LogP) is 1.81. The van der Waals surface area contributed by atoms with Crippen molar-refractivity contribution in [1.82, 2.24) is 15.1 Å². The van der Waals surface area contributed by atoms with Gasteiger partial charge in [-0.05, 0) is 39.3 Å². The Morgan fingerprint density at radius 3 is 2.48 bits per heavy atom. The highest BCUT2D eigenvalue weighted by Crippen LogP contribution is 2.14. The first-order valence-electron chi connectivity index (χ1n) is 7.81. The largest absolute Gasteiger partial charge is 0.312 e.